The second-order valence-electron chi connectivity index (χ2n) is 5.90. The Morgan fingerprint density at radius 1 is 1.19 bits per heavy atom. The molecule has 0 spiro atoms. The van der Waals surface area contributed by atoms with Gasteiger partial charge in [-0.2, -0.15) is 0 Å². The molecule has 1 aliphatic heterocycles. The highest BCUT2D eigenvalue weighted by Gasteiger charge is 2.30. The Labute approximate surface area is 122 Å². The standard InChI is InChI=1S/C17H16O4/c1-17(2)9-12-7-10(4-6-15(12)21-17)13-5-3-11(16(19)20)8-14(13)18/h3-8,18H,9H2,1-2H3,(H,19,20). The summed E-state index contributed by atoms with van der Waals surface area (Å²) in [5.41, 5.74) is 2.42. The Hall–Kier alpha value is -2.49. The van der Waals surface area contributed by atoms with Crippen molar-refractivity contribution in [3.8, 4) is 22.6 Å². The van der Waals surface area contributed by atoms with Crippen LogP contribution in [0, 0.1) is 0 Å². The Morgan fingerprint density at radius 3 is 2.62 bits per heavy atom. The molecule has 2 aromatic rings. The van der Waals surface area contributed by atoms with Gasteiger partial charge in [-0.3, -0.25) is 0 Å². The lowest BCUT2D eigenvalue weighted by molar-refractivity contribution is 0.0696. The summed E-state index contributed by atoms with van der Waals surface area (Å²) >= 11 is 0. The number of carbonyl (C=O) groups is 1. The van der Waals surface area contributed by atoms with E-state index in [9.17, 15) is 9.90 Å². The highest BCUT2D eigenvalue weighted by Crippen LogP contribution is 2.39. The first kappa shape index (κ1) is 13.5. The predicted octanol–water partition coefficient (Wildman–Crippen LogP) is 3.47. The molecule has 0 aliphatic carbocycles. The van der Waals surface area contributed by atoms with Gasteiger partial charge >= 0.3 is 5.97 Å². The van der Waals surface area contributed by atoms with E-state index in [1.807, 2.05) is 32.0 Å². The Morgan fingerprint density at radius 2 is 1.95 bits per heavy atom. The molecule has 4 nitrogen and oxygen atoms in total. The van der Waals surface area contributed by atoms with E-state index in [0.717, 1.165) is 23.3 Å². The van der Waals surface area contributed by atoms with Gasteiger partial charge in [-0.15, -0.1) is 0 Å². The highest BCUT2D eigenvalue weighted by atomic mass is 16.5. The topological polar surface area (TPSA) is 66.8 Å². The maximum atomic E-state index is 10.9. The summed E-state index contributed by atoms with van der Waals surface area (Å²) in [4.78, 5) is 10.9. The van der Waals surface area contributed by atoms with Crippen molar-refractivity contribution in [3.63, 3.8) is 0 Å². The summed E-state index contributed by atoms with van der Waals surface area (Å²) in [5.74, 6) is -0.223. The lowest BCUT2D eigenvalue weighted by Crippen LogP contribution is -2.24. The van der Waals surface area contributed by atoms with Crippen LogP contribution in [0.5, 0.6) is 11.5 Å². The van der Waals surface area contributed by atoms with Crippen LogP contribution in [-0.2, 0) is 6.42 Å². The van der Waals surface area contributed by atoms with Gasteiger partial charge in [0.1, 0.15) is 17.1 Å². The van der Waals surface area contributed by atoms with Gasteiger partial charge in [0.25, 0.3) is 0 Å². The molecule has 0 amide bonds. The zero-order chi connectivity index (χ0) is 15.2. The number of aromatic carboxylic acids is 1. The van der Waals surface area contributed by atoms with Gasteiger partial charge in [-0.1, -0.05) is 6.07 Å². The van der Waals surface area contributed by atoms with Crippen LogP contribution in [0.3, 0.4) is 0 Å². The summed E-state index contributed by atoms with van der Waals surface area (Å²) in [5, 5.41) is 19.0. The summed E-state index contributed by atoms with van der Waals surface area (Å²) in [6.07, 6.45) is 0.810. The van der Waals surface area contributed by atoms with Gasteiger partial charge in [0, 0.05) is 12.0 Å². The molecule has 3 rings (SSSR count). The molecule has 0 fully saturated rings. The number of phenols is 1. The van der Waals surface area contributed by atoms with Crippen LogP contribution in [0.15, 0.2) is 36.4 Å². The van der Waals surface area contributed by atoms with E-state index in [4.69, 9.17) is 9.84 Å². The van der Waals surface area contributed by atoms with Crippen molar-refractivity contribution in [3.05, 3.63) is 47.5 Å². The number of benzene rings is 2. The molecule has 1 aliphatic rings. The van der Waals surface area contributed by atoms with Gasteiger partial charge in [-0.25, -0.2) is 4.79 Å². The van der Waals surface area contributed by atoms with E-state index in [1.54, 1.807) is 6.07 Å². The molecule has 4 heteroatoms. The summed E-state index contributed by atoms with van der Waals surface area (Å²) in [7, 11) is 0. The summed E-state index contributed by atoms with van der Waals surface area (Å²) in [6, 6.07) is 10.1. The van der Waals surface area contributed by atoms with Crippen LogP contribution in [0.2, 0.25) is 0 Å². The minimum atomic E-state index is -1.05. The number of rotatable bonds is 2. The summed E-state index contributed by atoms with van der Waals surface area (Å²) in [6.45, 7) is 4.07. The number of ether oxygens (including phenoxy) is 1. The van der Waals surface area contributed by atoms with Crippen molar-refractivity contribution in [2.24, 2.45) is 0 Å². The monoisotopic (exact) mass is 284 g/mol. The fraction of sp³-hybridized carbons (Fsp3) is 0.235. The number of fused-ring (bicyclic) bond motifs is 1. The number of hydrogen-bond acceptors (Lipinski definition) is 3. The van der Waals surface area contributed by atoms with Crippen LogP contribution >= 0.6 is 0 Å². The number of hydrogen-bond donors (Lipinski definition) is 2. The molecule has 0 aromatic heterocycles. The normalized spacial score (nSPS) is 15.3. The first-order valence-corrected chi connectivity index (χ1v) is 6.74. The second kappa shape index (κ2) is 4.52. The smallest absolute Gasteiger partial charge is 0.335 e. The van der Waals surface area contributed by atoms with Crippen LogP contribution in [0.1, 0.15) is 29.8 Å². The number of carboxylic acids is 1. The molecule has 21 heavy (non-hydrogen) atoms. The molecule has 0 saturated heterocycles. The number of carboxylic acid groups (broad SMARTS) is 1. The zero-order valence-corrected chi connectivity index (χ0v) is 11.9. The van der Waals surface area contributed by atoms with E-state index in [0.29, 0.717) is 5.56 Å². The molecule has 1 heterocycles. The third kappa shape index (κ3) is 2.44. The second-order valence-corrected chi connectivity index (χ2v) is 5.90. The van der Waals surface area contributed by atoms with Crippen molar-refractivity contribution in [1.29, 1.82) is 0 Å². The minimum Gasteiger partial charge on any atom is -0.507 e. The fourth-order valence-electron chi connectivity index (χ4n) is 2.69. The van der Waals surface area contributed by atoms with E-state index in [2.05, 4.69) is 0 Å². The first-order chi connectivity index (χ1) is 9.85. The molecule has 0 radical (unpaired) electrons. The Kier molecular flexibility index (Phi) is 2.90. The van der Waals surface area contributed by atoms with E-state index in [-0.39, 0.29) is 16.9 Å². The van der Waals surface area contributed by atoms with Crippen LogP contribution in [0.25, 0.3) is 11.1 Å². The molecule has 0 saturated carbocycles. The largest absolute Gasteiger partial charge is 0.507 e. The van der Waals surface area contributed by atoms with Crippen molar-refractivity contribution in [2.45, 2.75) is 25.9 Å². The minimum absolute atomic E-state index is 0.0342. The van der Waals surface area contributed by atoms with E-state index < -0.39 is 5.97 Å². The quantitative estimate of drug-likeness (QED) is 0.886. The molecule has 0 atom stereocenters. The number of phenolic OH excluding ortho intramolecular Hbond substituents is 1. The van der Waals surface area contributed by atoms with Crippen LogP contribution in [0.4, 0.5) is 0 Å². The van der Waals surface area contributed by atoms with E-state index >= 15 is 0 Å². The molecular weight excluding hydrogens is 268 g/mol. The maximum Gasteiger partial charge on any atom is 0.335 e. The zero-order valence-electron chi connectivity index (χ0n) is 11.9. The first-order valence-electron chi connectivity index (χ1n) is 6.74. The van der Waals surface area contributed by atoms with Gasteiger partial charge < -0.3 is 14.9 Å². The summed E-state index contributed by atoms with van der Waals surface area (Å²) < 4.78 is 5.83. The maximum absolute atomic E-state index is 10.9. The van der Waals surface area contributed by atoms with Gasteiger partial charge in [0.2, 0.25) is 0 Å². The Bertz CT molecular complexity index is 732. The van der Waals surface area contributed by atoms with Gasteiger partial charge in [-0.05, 0) is 55.3 Å². The third-order valence-corrected chi connectivity index (χ3v) is 3.62. The van der Waals surface area contributed by atoms with Gasteiger partial charge in [0.15, 0.2) is 0 Å². The van der Waals surface area contributed by atoms with Crippen molar-refractivity contribution in [1.82, 2.24) is 0 Å². The molecule has 2 N–H and O–H groups in total. The van der Waals surface area contributed by atoms with Crippen molar-refractivity contribution >= 4 is 5.97 Å². The lowest BCUT2D eigenvalue weighted by Gasteiger charge is -2.16. The predicted molar refractivity (Wildman–Crippen MR) is 78.9 cm³/mol. The van der Waals surface area contributed by atoms with Gasteiger partial charge in [0.05, 0.1) is 5.56 Å². The Balaban J connectivity index is 2.01. The van der Waals surface area contributed by atoms with E-state index in [1.165, 1.54) is 12.1 Å². The third-order valence-electron chi connectivity index (χ3n) is 3.62. The average Bonchev–Trinajstić information content (AvgIpc) is 2.71. The molecule has 2 aromatic carbocycles. The SMILES string of the molecule is CC1(C)Cc2cc(-c3ccc(C(=O)O)cc3O)ccc2O1. The van der Waals surface area contributed by atoms with Crippen molar-refractivity contribution in [2.75, 3.05) is 0 Å². The fourth-order valence-corrected chi connectivity index (χ4v) is 2.69. The van der Waals surface area contributed by atoms with Crippen molar-refractivity contribution < 1.29 is 19.7 Å². The molecule has 0 unspecified atom stereocenters. The lowest BCUT2D eigenvalue weighted by atomic mass is 9.96. The van der Waals surface area contributed by atoms with Crippen LogP contribution < -0.4 is 4.74 Å². The molecular formula is C17H16O4. The number of aromatic hydroxyl groups is 1. The molecule has 108 valence electrons. The van der Waals surface area contributed by atoms with Crippen LogP contribution in [-0.4, -0.2) is 21.8 Å². The highest BCUT2D eigenvalue weighted by molar-refractivity contribution is 5.89. The molecule has 0 bridgehead atoms. The average molecular weight is 284 g/mol.